The highest BCUT2D eigenvalue weighted by molar-refractivity contribution is 6.05. The van der Waals surface area contributed by atoms with Crippen molar-refractivity contribution in [3.8, 4) is 23.0 Å². The molecule has 0 aliphatic carbocycles. The Kier molecular flexibility index (Phi) is 4.95. The molecule has 1 heterocycles. The molecule has 158 valence electrons. The minimum absolute atomic E-state index is 0.278. The molecule has 1 N–H and O–H groups in total. The lowest BCUT2D eigenvalue weighted by molar-refractivity contribution is 0.102. The minimum atomic E-state index is -0.278. The Morgan fingerprint density at radius 2 is 1.62 bits per heavy atom. The van der Waals surface area contributed by atoms with Gasteiger partial charge in [0.25, 0.3) is 5.91 Å². The number of fused-ring (bicyclic) bond motifs is 2. The largest absolute Gasteiger partial charge is 0.497 e. The zero-order valence-corrected chi connectivity index (χ0v) is 17.6. The Morgan fingerprint density at radius 3 is 2.41 bits per heavy atom. The van der Waals surface area contributed by atoms with Gasteiger partial charge in [0.05, 0.1) is 14.2 Å². The standard InChI is InChI=1S/C26H20N2O4/c1-30-19-12-17(13-20(15-19)31-2)25(29)27-18-10-11-24-23(14-18)28-26(32-24)22-9-5-7-16-6-3-4-8-21(16)22/h3-15H,1-2H3,(H,27,29). The third kappa shape index (κ3) is 3.63. The number of methoxy groups -OCH3 is 2. The van der Waals surface area contributed by atoms with Crippen LogP contribution >= 0.6 is 0 Å². The van der Waals surface area contributed by atoms with Gasteiger partial charge in [-0.2, -0.15) is 0 Å². The molecule has 5 aromatic rings. The zero-order valence-electron chi connectivity index (χ0n) is 17.6. The second kappa shape index (κ2) is 8.07. The normalized spacial score (nSPS) is 10.9. The van der Waals surface area contributed by atoms with Crippen LogP contribution in [0.5, 0.6) is 11.5 Å². The molecule has 1 amide bonds. The van der Waals surface area contributed by atoms with Crippen LogP contribution in [-0.4, -0.2) is 25.1 Å². The second-order valence-electron chi connectivity index (χ2n) is 7.28. The SMILES string of the molecule is COc1cc(OC)cc(C(=O)Nc2ccc3oc(-c4cccc5ccccc45)nc3c2)c1. The number of nitrogens with zero attached hydrogens (tertiary/aromatic N) is 1. The monoisotopic (exact) mass is 424 g/mol. The van der Waals surface area contributed by atoms with Gasteiger partial charge in [-0.1, -0.05) is 36.4 Å². The van der Waals surface area contributed by atoms with Crippen LogP contribution in [-0.2, 0) is 0 Å². The molecule has 0 aliphatic rings. The van der Waals surface area contributed by atoms with Crippen molar-refractivity contribution in [3.05, 3.63) is 84.4 Å². The number of aromatic nitrogens is 1. The van der Waals surface area contributed by atoms with E-state index in [2.05, 4.69) is 22.4 Å². The minimum Gasteiger partial charge on any atom is -0.497 e. The molecule has 0 spiro atoms. The van der Waals surface area contributed by atoms with E-state index in [0.717, 1.165) is 16.3 Å². The van der Waals surface area contributed by atoms with Crippen molar-refractivity contribution in [2.75, 3.05) is 19.5 Å². The average molecular weight is 424 g/mol. The third-order valence-corrected chi connectivity index (χ3v) is 5.28. The van der Waals surface area contributed by atoms with Crippen LogP contribution in [0.3, 0.4) is 0 Å². The summed E-state index contributed by atoms with van der Waals surface area (Å²) in [7, 11) is 3.09. The molecule has 0 radical (unpaired) electrons. The molecular formula is C26H20N2O4. The lowest BCUT2D eigenvalue weighted by Crippen LogP contribution is -2.12. The van der Waals surface area contributed by atoms with Crippen LogP contribution in [0, 0.1) is 0 Å². The number of rotatable bonds is 5. The quantitative estimate of drug-likeness (QED) is 0.379. The molecule has 5 rings (SSSR count). The van der Waals surface area contributed by atoms with E-state index in [9.17, 15) is 4.79 Å². The van der Waals surface area contributed by atoms with E-state index in [1.54, 1.807) is 50.6 Å². The van der Waals surface area contributed by atoms with Gasteiger partial charge in [0.15, 0.2) is 5.58 Å². The van der Waals surface area contributed by atoms with Crippen LogP contribution < -0.4 is 14.8 Å². The van der Waals surface area contributed by atoms with Gasteiger partial charge in [0, 0.05) is 22.9 Å². The molecule has 0 atom stereocenters. The summed E-state index contributed by atoms with van der Waals surface area (Å²) in [5.74, 6) is 1.35. The number of nitrogens with one attached hydrogen (secondary N) is 1. The van der Waals surface area contributed by atoms with E-state index >= 15 is 0 Å². The van der Waals surface area contributed by atoms with Crippen molar-refractivity contribution >= 4 is 33.5 Å². The maximum atomic E-state index is 12.8. The Balaban J connectivity index is 1.46. The van der Waals surface area contributed by atoms with Gasteiger partial charge >= 0.3 is 0 Å². The fourth-order valence-corrected chi connectivity index (χ4v) is 3.67. The van der Waals surface area contributed by atoms with Gasteiger partial charge in [-0.15, -0.1) is 0 Å². The van der Waals surface area contributed by atoms with E-state index < -0.39 is 0 Å². The number of benzene rings is 4. The molecule has 32 heavy (non-hydrogen) atoms. The van der Waals surface area contributed by atoms with E-state index in [0.29, 0.717) is 39.7 Å². The van der Waals surface area contributed by atoms with E-state index in [1.165, 1.54) is 0 Å². The first-order valence-electron chi connectivity index (χ1n) is 10.1. The van der Waals surface area contributed by atoms with Gasteiger partial charge < -0.3 is 19.2 Å². The number of amides is 1. The molecule has 0 aliphatic heterocycles. The van der Waals surface area contributed by atoms with Crippen molar-refractivity contribution in [2.24, 2.45) is 0 Å². The van der Waals surface area contributed by atoms with Crippen LogP contribution in [0.25, 0.3) is 33.3 Å². The summed E-state index contributed by atoms with van der Waals surface area (Å²) in [5.41, 5.74) is 3.27. The van der Waals surface area contributed by atoms with Gasteiger partial charge in [0.2, 0.25) is 5.89 Å². The molecule has 6 heteroatoms. The predicted octanol–water partition coefficient (Wildman–Crippen LogP) is 5.92. The Morgan fingerprint density at radius 1 is 0.875 bits per heavy atom. The van der Waals surface area contributed by atoms with Crippen LogP contribution in [0.2, 0.25) is 0 Å². The van der Waals surface area contributed by atoms with Crippen LogP contribution in [0.4, 0.5) is 5.69 Å². The summed E-state index contributed by atoms with van der Waals surface area (Å²) in [6, 6.07) is 24.6. The van der Waals surface area contributed by atoms with Gasteiger partial charge in [-0.05, 0) is 47.2 Å². The molecule has 0 bridgehead atoms. The summed E-state index contributed by atoms with van der Waals surface area (Å²) in [6.07, 6.45) is 0. The molecular weight excluding hydrogens is 404 g/mol. The molecule has 0 saturated heterocycles. The van der Waals surface area contributed by atoms with Crippen molar-refractivity contribution in [1.29, 1.82) is 0 Å². The molecule has 6 nitrogen and oxygen atoms in total. The number of carbonyl (C=O) groups excluding carboxylic acids is 1. The highest BCUT2D eigenvalue weighted by Crippen LogP contribution is 2.31. The number of hydrogen-bond donors (Lipinski definition) is 1. The molecule has 4 aromatic carbocycles. The van der Waals surface area contributed by atoms with Crippen molar-refractivity contribution in [3.63, 3.8) is 0 Å². The fraction of sp³-hybridized carbons (Fsp3) is 0.0769. The van der Waals surface area contributed by atoms with E-state index in [4.69, 9.17) is 13.9 Å². The van der Waals surface area contributed by atoms with Crippen molar-refractivity contribution in [2.45, 2.75) is 0 Å². The topological polar surface area (TPSA) is 73.6 Å². The van der Waals surface area contributed by atoms with Gasteiger partial charge in [-0.3, -0.25) is 4.79 Å². The third-order valence-electron chi connectivity index (χ3n) is 5.28. The van der Waals surface area contributed by atoms with Crippen LogP contribution in [0.15, 0.2) is 83.3 Å². The van der Waals surface area contributed by atoms with Crippen molar-refractivity contribution < 1.29 is 18.7 Å². The number of oxazole rings is 1. The molecule has 0 fully saturated rings. The summed E-state index contributed by atoms with van der Waals surface area (Å²) in [4.78, 5) is 17.5. The highest BCUT2D eigenvalue weighted by Gasteiger charge is 2.14. The smallest absolute Gasteiger partial charge is 0.255 e. The molecule has 0 saturated carbocycles. The van der Waals surface area contributed by atoms with Crippen LogP contribution in [0.1, 0.15) is 10.4 Å². The van der Waals surface area contributed by atoms with E-state index in [1.807, 2.05) is 30.3 Å². The predicted molar refractivity (Wildman–Crippen MR) is 124 cm³/mol. The van der Waals surface area contributed by atoms with Gasteiger partial charge in [0.1, 0.15) is 17.0 Å². The average Bonchev–Trinajstić information content (AvgIpc) is 3.26. The first-order valence-corrected chi connectivity index (χ1v) is 10.1. The first kappa shape index (κ1) is 19.6. The summed E-state index contributed by atoms with van der Waals surface area (Å²) >= 11 is 0. The second-order valence-corrected chi connectivity index (χ2v) is 7.28. The summed E-state index contributed by atoms with van der Waals surface area (Å²) < 4.78 is 16.5. The lowest BCUT2D eigenvalue weighted by Gasteiger charge is -2.09. The van der Waals surface area contributed by atoms with Gasteiger partial charge in [-0.25, -0.2) is 4.98 Å². The maximum absolute atomic E-state index is 12.8. The molecule has 0 unspecified atom stereocenters. The maximum Gasteiger partial charge on any atom is 0.255 e. The Labute approximate surface area is 184 Å². The fourth-order valence-electron chi connectivity index (χ4n) is 3.67. The number of ether oxygens (including phenoxy) is 2. The summed E-state index contributed by atoms with van der Waals surface area (Å²) in [6.45, 7) is 0. The Bertz CT molecular complexity index is 1430. The zero-order chi connectivity index (χ0) is 22.1. The summed E-state index contributed by atoms with van der Waals surface area (Å²) in [5, 5.41) is 5.09. The lowest BCUT2D eigenvalue weighted by atomic mass is 10.0. The molecule has 1 aromatic heterocycles. The number of anilines is 1. The highest BCUT2D eigenvalue weighted by atomic mass is 16.5. The van der Waals surface area contributed by atoms with E-state index in [-0.39, 0.29) is 5.91 Å². The number of hydrogen-bond acceptors (Lipinski definition) is 5. The van der Waals surface area contributed by atoms with Crippen molar-refractivity contribution in [1.82, 2.24) is 4.98 Å². The number of carbonyl (C=O) groups is 1. The Hall–Kier alpha value is -4.32. The first-order chi connectivity index (χ1) is 15.6.